The van der Waals surface area contributed by atoms with Gasteiger partial charge in [0.2, 0.25) is 0 Å². The first-order chi connectivity index (χ1) is 4.91. The highest BCUT2D eigenvalue weighted by atomic mass is 16.2. The summed E-state index contributed by atoms with van der Waals surface area (Å²) in [6.45, 7) is 6.46. The Morgan fingerprint density at radius 2 is 1.20 bits per heavy atom. The normalized spacial score (nSPS) is 6.40. The molecule has 0 spiro atoms. The summed E-state index contributed by atoms with van der Waals surface area (Å²) in [5, 5.41) is 7.00. The molecule has 0 aromatic rings. The maximum Gasteiger partial charge on any atom is 0.106 e. The van der Waals surface area contributed by atoms with Crippen molar-refractivity contribution >= 4 is 6.79 Å². The van der Waals surface area contributed by atoms with E-state index in [2.05, 4.69) is 13.8 Å². The van der Waals surface area contributed by atoms with E-state index in [4.69, 9.17) is 9.90 Å². The van der Waals surface area contributed by atoms with E-state index in [0.29, 0.717) is 0 Å². The van der Waals surface area contributed by atoms with Crippen molar-refractivity contribution in [1.82, 2.24) is 0 Å². The molecular weight excluding hydrogens is 128 g/mol. The number of aliphatic hydroxyl groups is 1. The van der Waals surface area contributed by atoms with Crippen LogP contribution >= 0.6 is 0 Å². The van der Waals surface area contributed by atoms with Crippen LogP contribution in [-0.2, 0) is 4.79 Å². The van der Waals surface area contributed by atoms with Crippen LogP contribution < -0.4 is 0 Å². The Kier molecular flexibility index (Phi) is 62.2. The third-order valence-corrected chi connectivity index (χ3v) is 0.957. The summed E-state index contributed by atoms with van der Waals surface area (Å²) < 4.78 is 0. The molecule has 0 aromatic carbocycles. The van der Waals surface area contributed by atoms with Gasteiger partial charge >= 0.3 is 0 Å². The van der Waals surface area contributed by atoms with E-state index in [1.54, 1.807) is 0 Å². The van der Waals surface area contributed by atoms with E-state index >= 15 is 0 Å². The van der Waals surface area contributed by atoms with Crippen LogP contribution in [0.5, 0.6) is 0 Å². The van der Waals surface area contributed by atoms with E-state index in [-0.39, 0.29) is 0 Å². The highest BCUT2D eigenvalue weighted by Crippen LogP contribution is 1.95. The molecule has 0 aliphatic carbocycles. The fraction of sp³-hybridized carbons (Fsp3) is 0.875. The number of hydrogen-bond acceptors (Lipinski definition) is 2. The summed E-state index contributed by atoms with van der Waals surface area (Å²) in [7, 11) is 1.00. The van der Waals surface area contributed by atoms with Crippen LogP contribution in [0.15, 0.2) is 0 Å². The second kappa shape index (κ2) is 38.1. The molecule has 0 bridgehead atoms. The van der Waals surface area contributed by atoms with Crippen molar-refractivity contribution in [3.63, 3.8) is 0 Å². The smallest absolute Gasteiger partial charge is 0.106 e. The Morgan fingerprint density at radius 3 is 1.30 bits per heavy atom. The molecule has 64 valence electrons. The molecule has 0 rings (SSSR count). The van der Waals surface area contributed by atoms with E-state index < -0.39 is 0 Å². The van der Waals surface area contributed by atoms with Crippen LogP contribution in [0.1, 0.15) is 39.5 Å². The third kappa shape index (κ3) is 48.5. The van der Waals surface area contributed by atoms with E-state index in [1.807, 2.05) is 6.79 Å². The largest absolute Gasteiger partial charge is 0.400 e. The van der Waals surface area contributed by atoms with Gasteiger partial charge in [-0.3, -0.25) is 0 Å². The topological polar surface area (TPSA) is 37.3 Å². The van der Waals surface area contributed by atoms with E-state index in [1.165, 1.54) is 25.7 Å². The summed E-state index contributed by atoms with van der Waals surface area (Å²) in [5.74, 6) is 0. The van der Waals surface area contributed by atoms with Crippen LogP contribution in [0.3, 0.4) is 0 Å². The van der Waals surface area contributed by atoms with Crippen molar-refractivity contribution < 1.29 is 9.90 Å². The molecule has 0 aromatic heterocycles. The number of aliphatic hydroxyl groups excluding tert-OH is 1. The lowest BCUT2D eigenvalue weighted by Crippen LogP contribution is -1.66. The molecule has 10 heavy (non-hydrogen) atoms. The van der Waals surface area contributed by atoms with Crippen molar-refractivity contribution in [3.8, 4) is 0 Å². The van der Waals surface area contributed by atoms with Crippen LogP contribution in [0.2, 0.25) is 0 Å². The Morgan fingerprint density at radius 1 is 1.00 bits per heavy atom. The average Bonchev–Trinajstić information content (AvgIpc) is 2.08. The quantitative estimate of drug-likeness (QED) is 0.622. The molecular formula is C8H20O2. The Hall–Kier alpha value is -0.370. The highest BCUT2D eigenvalue weighted by molar-refractivity contribution is 5.10. The molecule has 0 amide bonds. The van der Waals surface area contributed by atoms with Gasteiger partial charge in [-0.25, -0.2) is 0 Å². The van der Waals surface area contributed by atoms with Gasteiger partial charge in [0.1, 0.15) is 6.79 Å². The Bertz CT molecular complexity index is 26.4. The lowest BCUT2D eigenvalue weighted by Gasteiger charge is -1.86. The minimum absolute atomic E-state index is 1.00. The number of rotatable bonds is 3. The van der Waals surface area contributed by atoms with Crippen LogP contribution in [0.4, 0.5) is 0 Å². The van der Waals surface area contributed by atoms with Gasteiger partial charge in [-0.15, -0.1) is 0 Å². The number of carbonyl (C=O) groups is 1. The second-order valence-corrected chi connectivity index (χ2v) is 1.71. The average molecular weight is 148 g/mol. The molecule has 0 saturated heterocycles. The highest BCUT2D eigenvalue weighted by Gasteiger charge is 1.75. The van der Waals surface area contributed by atoms with Crippen molar-refractivity contribution in [2.45, 2.75) is 39.5 Å². The summed E-state index contributed by atoms with van der Waals surface area (Å²) in [4.78, 5) is 8.00. The first kappa shape index (κ1) is 16.3. The molecule has 0 aliphatic rings. The van der Waals surface area contributed by atoms with Gasteiger partial charge in [-0.1, -0.05) is 39.5 Å². The van der Waals surface area contributed by atoms with Crippen LogP contribution in [0.25, 0.3) is 0 Å². The van der Waals surface area contributed by atoms with Crippen molar-refractivity contribution in [1.29, 1.82) is 0 Å². The molecule has 0 radical (unpaired) electrons. The lowest BCUT2D eigenvalue weighted by molar-refractivity contribution is -0.0979. The molecule has 0 fully saturated rings. The zero-order valence-corrected chi connectivity index (χ0v) is 7.39. The van der Waals surface area contributed by atoms with Gasteiger partial charge in [0, 0.05) is 7.11 Å². The predicted octanol–water partition coefficient (Wildman–Crippen LogP) is 2.01. The molecule has 1 N–H and O–H groups in total. The fourth-order valence-corrected chi connectivity index (χ4v) is 0.500. The van der Waals surface area contributed by atoms with Crippen molar-refractivity contribution in [3.05, 3.63) is 0 Å². The number of unbranched alkanes of at least 4 members (excludes halogenated alkanes) is 3. The lowest BCUT2D eigenvalue weighted by atomic mass is 10.2. The van der Waals surface area contributed by atoms with Gasteiger partial charge in [-0.05, 0) is 0 Å². The molecule has 0 aliphatic heterocycles. The fourth-order valence-electron chi connectivity index (χ4n) is 0.500. The standard InChI is InChI=1S/C6H14.CH4O.CH2O/c1-3-5-6-4-2;2*1-2/h3-6H2,1-2H3;2H,1H3;1H2. The zero-order chi connectivity index (χ0) is 8.83. The molecule has 0 saturated carbocycles. The maximum absolute atomic E-state index is 8.00. The molecule has 0 heterocycles. The Labute approximate surface area is 64.3 Å². The van der Waals surface area contributed by atoms with Gasteiger partial charge in [0.15, 0.2) is 0 Å². The second-order valence-electron chi connectivity index (χ2n) is 1.71. The van der Waals surface area contributed by atoms with E-state index in [9.17, 15) is 0 Å². The number of carbonyl (C=O) groups excluding carboxylic acids is 1. The van der Waals surface area contributed by atoms with Crippen LogP contribution in [-0.4, -0.2) is 19.0 Å². The molecule has 2 heteroatoms. The van der Waals surface area contributed by atoms with Gasteiger partial charge in [0.05, 0.1) is 0 Å². The molecule has 0 atom stereocenters. The maximum atomic E-state index is 8.00. The Balaban J connectivity index is -0.000000105. The molecule has 2 nitrogen and oxygen atoms in total. The first-order valence-electron chi connectivity index (χ1n) is 3.65. The summed E-state index contributed by atoms with van der Waals surface area (Å²) in [6, 6.07) is 0. The number of hydrogen-bond donors (Lipinski definition) is 1. The molecule has 0 unspecified atom stereocenters. The minimum Gasteiger partial charge on any atom is -0.400 e. The van der Waals surface area contributed by atoms with Crippen molar-refractivity contribution in [2.24, 2.45) is 0 Å². The van der Waals surface area contributed by atoms with Crippen LogP contribution in [0, 0.1) is 0 Å². The SMILES string of the molecule is C=O.CCCCCC.CO. The van der Waals surface area contributed by atoms with Gasteiger partial charge < -0.3 is 9.90 Å². The third-order valence-electron chi connectivity index (χ3n) is 0.957. The summed E-state index contributed by atoms with van der Waals surface area (Å²) in [6.07, 6.45) is 5.54. The van der Waals surface area contributed by atoms with Gasteiger partial charge in [0.25, 0.3) is 0 Å². The van der Waals surface area contributed by atoms with E-state index in [0.717, 1.165) is 7.11 Å². The summed E-state index contributed by atoms with van der Waals surface area (Å²) in [5.41, 5.74) is 0. The first-order valence-corrected chi connectivity index (χ1v) is 3.65. The predicted molar refractivity (Wildman–Crippen MR) is 45.1 cm³/mol. The zero-order valence-electron chi connectivity index (χ0n) is 7.39. The monoisotopic (exact) mass is 148 g/mol. The minimum atomic E-state index is 1.00. The summed E-state index contributed by atoms with van der Waals surface area (Å²) >= 11 is 0. The van der Waals surface area contributed by atoms with Crippen molar-refractivity contribution in [2.75, 3.05) is 7.11 Å². The van der Waals surface area contributed by atoms with Gasteiger partial charge in [-0.2, -0.15) is 0 Å².